The van der Waals surface area contributed by atoms with E-state index in [2.05, 4.69) is 58.1 Å². The fourth-order valence-corrected chi connectivity index (χ4v) is 4.61. The lowest BCUT2D eigenvalue weighted by molar-refractivity contribution is 0.330. The molecule has 0 aliphatic carbocycles. The summed E-state index contributed by atoms with van der Waals surface area (Å²) in [7, 11) is 0. The molecule has 2 aliphatic rings. The first-order valence-corrected chi connectivity index (χ1v) is 11.3. The van der Waals surface area contributed by atoms with Crippen LogP contribution in [0.15, 0.2) is 48.8 Å². The van der Waals surface area contributed by atoms with Crippen LogP contribution in [0.3, 0.4) is 0 Å². The van der Waals surface area contributed by atoms with Crippen molar-refractivity contribution in [3.8, 4) is 17.0 Å². The minimum Gasteiger partial charge on any atom is -0.485 e. The van der Waals surface area contributed by atoms with Gasteiger partial charge in [0.05, 0.1) is 11.9 Å². The number of halogens is 1. The number of ether oxygens (including phenoxy) is 1. The van der Waals surface area contributed by atoms with Gasteiger partial charge in [0, 0.05) is 29.5 Å². The highest BCUT2D eigenvalue weighted by Gasteiger charge is 2.26. The van der Waals surface area contributed by atoms with E-state index < -0.39 is 5.82 Å². The minimum atomic E-state index is -0.471. The molecule has 0 saturated carbocycles. The van der Waals surface area contributed by atoms with Crippen LogP contribution >= 0.6 is 0 Å². The van der Waals surface area contributed by atoms with E-state index >= 15 is 0 Å². The van der Waals surface area contributed by atoms with Gasteiger partial charge in [-0.2, -0.15) is 0 Å². The highest BCUT2D eigenvalue weighted by Crippen LogP contribution is 2.42. The quantitative estimate of drug-likeness (QED) is 0.583. The van der Waals surface area contributed by atoms with E-state index in [9.17, 15) is 4.39 Å². The van der Waals surface area contributed by atoms with Crippen molar-refractivity contribution in [3.05, 3.63) is 71.3 Å². The largest absolute Gasteiger partial charge is 0.485 e. The molecule has 7 heteroatoms. The van der Waals surface area contributed by atoms with Crippen molar-refractivity contribution in [1.29, 1.82) is 0 Å². The molecule has 6 nitrogen and oxygen atoms in total. The Morgan fingerprint density at radius 1 is 1.21 bits per heavy atom. The van der Waals surface area contributed by atoms with Crippen LogP contribution in [0.1, 0.15) is 30.5 Å². The molecular weight excluding hydrogens is 417 g/mol. The van der Waals surface area contributed by atoms with Gasteiger partial charge in [-0.3, -0.25) is 0 Å². The SMILES string of the molecule is C=C1COc2c(C)cc(-c3nc(Nc4ccc5c(c4)CNCC5)ncc3F)cc2N1C(C)C. The molecule has 170 valence electrons. The second kappa shape index (κ2) is 8.48. The zero-order valence-corrected chi connectivity index (χ0v) is 19.2. The first-order chi connectivity index (χ1) is 15.9. The lowest BCUT2D eigenvalue weighted by Crippen LogP contribution is -2.35. The molecular formula is C26H28FN5O. The molecule has 33 heavy (non-hydrogen) atoms. The molecule has 3 heterocycles. The van der Waals surface area contributed by atoms with Gasteiger partial charge in [-0.15, -0.1) is 0 Å². The maximum atomic E-state index is 14.9. The topological polar surface area (TPSA) is 62.3 Å². The van der Waals surface area contributed by atoms with E-state index in [1.54, 1.807) is 0 Å². The number of hydrogen-bond acceptors (Lipinski definition) is 6. The Hall–Kier alpha value is -3.45. The summed E-state index contributed by atoms with van der Waals surface area (Å²) >= 11 is 0. The van der Waals surface area contributed by atoms with Crippen molar-refractivity contribution in [1.82, 2.24) is 15.3 Å². The summed E-state index contributed by atoms with van der Waals surface area (Å²) < 4.78 is 20.8. The Balaban J connectivity index is 1.51. The third kappa shape index (κ3) is 4.04. The van der Waals surface area contributed by atoms with Crippen LogP contribution in [-0.2, 0) is 13.0 Å². The standard InChI is InChI=1S/C26H28FN5O/c1-15(2)32-17(4)14-33-25-16(3)9-19(11-23(25)32)24-22(27)13-29-26(31-24)30-21-6-5-18-7-8-28-12-20(18)10-21/h5-6,9-11,13,15,28H,4,7-8,12,14H2,1-3H3,(H,29,30,31). The van der Waals surface area contributed by atoms with Gasteiger partial charge in [0.25, 0.3) is 0 Å². The smallest absolute Gasteiger partial charge is 0.227 e. The van der Waals surface area contributed by atoms with Crippen LogP contribution in [0, 0.1) is 12.7 Å². The first-order valence-electron chi connectivity index (χ1n) is 11.3. The van der Waals surface area contributed by atoms with Crippen LogP contribution in [0.2, 0.25) is 0 Å². The maximum absolute atomic E-state index is 14.9. The summed E-state index contributed by atoms with van der Waals surface area (Å²) in [6.07, 6.45) is 2.24. The zero-order chi connectivity index (χ0) is 23.1. The third-order valence-corrected chi connectivity index (χ3v) is 6.12. The van der Waals surface area contributed by atoms with Crippen molar-refractivity contribution >= 4 is 17.3 Å². The van der Waals surface area contributed by atoms with E-state index in [4.69, 9.17) is 4.74 Å². The average Bonchev–Trinajstić information content (AvgIpc) is 2.79. The van der Waals surface area contributed by atoms with Crippen LogP contribution in [0.25, 0.3) is 11.3 Å². The Labute approximate surface area is 193 Å². The lowest BCUT2D eigenvalue weighted by Gasteiger charge is -2.37. The van der Waals surface area contributed by atoms with E-state index in [1.165, 1.54) is 17.3 Å². The van der Waals surface area contributed by atoms with Crippen molar-refractivity contribution in [2.75, 3.05) is 23.4 Å². The molecule has 0 unspecified atom stereocenters. The normalized spacial score (nSPS) is 15.2. The molecule has 0 spiro atoms. The molecule has 2 aromatic carbocycles. The predicted molar refractivity (Wildman–Crippen MR) is 130 cm³/mol. The zero-order valence-electron chi connectivity index (χ0n) is 19.2. The van der Waals surface area contributed by atoms with Crippen LogP contribution < -0.4 is 20.3 Å². The van der Waals surface area contributed by atoms with Crippen LogP contribution in [0.5, 0.6) is 5.75 Å². The fourth-order valence-electron chi connectivity index (χ4n) is 4.61. The van der Waals surface area contributed by atoms with Gasteiger partial charge in [0.1, 0.15) is 18.1 Å². The summed E-state index contributed by atoms with van der Waals surface area (Å²) in [6, 6.07) is 10.3. The number of rotatable bonds is 4. The van der Waals surface area contributed by atoms with Crippen molar-refractivity contribution < 1.29 is 9.13 Å². The molecule has 0 bridgehead atoms. The maximum Gasteiger partial charge on any atom is 0.227 e. The molecule has 1 aromatic heterocycles. The van der Waals surface area contributed by atoms with E-state index in [0.29, 0.717) is 18.1 Å². The van der Waals surface area contributed by atoms with Gasteiger partial charge < -0.3 is 20.3 Å². The molecule has 0 saturated heterocycles. The van der Waals surface area contributed by atoms with Gasteiger partial charge in [-0.05, 0) is 74.7 Å². The van der Waals surface area contributed by atoms with Gasteiger partial charge >= 0.3 is 0 Å². The lowest BCUT2D eigenvalue weighted by atomic mass is 10.0. The molecule has 5 rings (SSSR count). The molecule has 2 aliphatic heterocycles. The van der Waals surface area contributed by atoms with E-state index in [-0.39, 0.29) is 11.7 Å². The second-order valence-electron chi connectivity index (χ2n) is 8.89. The summed E-state index contributed by atoms with van der Waals surface area (Å²) in [4.78, 5) is 10.8. The number of nitrogens with one attached hydrogen (secondary N) is 2. The van der Waals surface area contributed by atoms with E-state index in [0.717, 1.165) is 47.9 Å². The monoisotopic (exact) mass is 445 g/mol. The molecule has 0 fully saturated rings. The number of aryl methyl sites for hydroxylation is 1. The summed E-state index contributed by atoms with van der Waals surface area (Å²) in [5.41, 5.74) is 7.09. The van der Waals surface area contributed by atoms with E-state index in [1.807, 2.05) is 25.1 Å². The van der Waals surface area contributed by atoms with Gasteiger partial charge in [0.2, 0.25) is 5.95 Å². The second-order valence-corrected chi connectivity index (χ2v) is 8.89. The molecule has 2 N–H and O–H groups in total. The minimum absolute atomic E-state index is 0.195. The fraction of sp³-hybridized carbons (Fsp3) is 0.308. The number of nitrogens with zero attached hydrogens (tertiary/aromatic N) is 3. The number of anilines is 3. The third-order valence-electron chi connectivity index (χ3n) is 6.12. The summed E-state index contributed by atoms with van der Waals surface area (Å²) in [5.74, 6) is 0.684. The predicted octanol–water partition coefficient (Wildman–Crippen LogP) is 5.10. The number of benzene rings is 2. The van der Waals surface area contributed by atoms with Crippen molar-refractivity contribution in [2.45, 2.75) is 39.8 Å². The number of hydrogen-bond donors (Lipinski definition) is 2. The number of aromatic nitrogens is 2. The molecule has 3 aromatic rings. The summed E-state index contributed by atoms with van der Waals surface area (Å²) in [6.45, 7) is 12.6. The van der Waals surface area contributed by atoms with Gasteiger partial charge in [-0.1, -0.05) is 12.6 Å². The van der Waals surface area contributed by atoms with Crippen LogP contribution in [-0.4, -0.2) is 29.2 Å². The Morgan fingerprint density at radius 3 is 2.88 bits per heavy atom. The first kappa shape index (κ1) is 21.4. The highest BCUT2D eigenvalue weighted by molar-refractivity contribution is 5.76. The Kier molecular flexibility index (Phi) is 5.50. The van der Waals surface area contributed by atoms with Gasteiger partial charge in [-0.25, -0.2) is 14.4 Å². The van der Waals surface area contributed by atoms with Gasteiger partial charge in [0.15, 0.2) is 5.82 Å². The average molecular weight is 446 g/mol. The highest BCUT2D eigenvalue weighted by atomic mass is 19.1. The Morgan fingerprint density at radius 2 is 2.06 bits per heavy atom. The number of fused-ring (bicyclic) bond motifs is 2. The molecule has 0 amide bonds. The van der Waals surface area contributed by atoms with Crippen LogP contribution in [0.4, 0.5) is 21.7 Å². The van der Waals surface area contributed by atoms with Crippen molar-refractivity contribution in [2.24, 2.45) is 0 Å². The molecule has 0 radical (unpaired) electrons. The molecule has 0 atom stereocenters. The van der Waals surface area contributed by atoms with Crippen molar-refractivity contribution in [3.63, 3.8) is 0 Å². The summed E-state index contributed by atoms with van der Waals surface area (Å²) in [5, 5.41) is 6.62. The Bertz CT molecular complexity index is 1240.